The number of rotatable bonds is 7. The Morgan fingerprint density at radius 2 is 2.00 bits per heavy atom. The van der Waals surface area contributed by atoms with Crippen molar-refractivity contribution in [2.24, 2.45) is 5.92 Å². The highest BCUT2D eigenvalue weighted by atomic mass is 32.2. The van der Waals surface area contributed by atoms with Crippen LogP contribution in [0.1, 0.15) is 26.7 Å². The average Bonchev–Trinajstić information content (AvgIpc) is 2.03. The molecule has 82 valence electrons. The van der Waals surface area contributed by atoms with Gasteiger partial charge in [-0.2, -0.15) is 0 Å². The molecule has 0 saturated carbocycles. The Balaban J connectivity index is 3.79. The van der Waals surface area contributed by atoms with Gasteiger partial charge >= 0.3 is 0 Å². The van der Waals surface area contributed by atoms with Crippen LogP contribution < -0.4 is 5.11 Å². The van der Waals surface area contributed by atoms with Crippen molar-refractivity contribution < 1.29 is 14.7 Å². The van der Waals surface area contributed by atoms with Crippen molar-refractivity contribution in [3.8, 4) is 0 Å². The van der Waals surface area contributed by atoms with Gasteiger partial charge < -0.3 is 9.90 Å². The number of hydrogen-bond donors (Lipinski definition) is 0. The van der Waals surface area contributed by atoms with Gasteiger partial charge in [-0.1, -0.05) is 6.92 Å². The topological polar surface area (TPSA) is 57.2 Å². The first-order valence-corrected chi connectivity index (χ1v) is 6.74. The summed E-state index contributed by atoms with van der Waals surface area (Å²) in [6.45, 7) is 3.58. The van der Waals surface area contributed by atoms with Gasteiger partial charge in [0.2, 0.25) is 0 Å². The molecular weight excluding hydrogens is 200 g/mol. The predicted octanol–water partition coefficient (Wildman–Crippen LogP) is -0.0103. The molecule has 14 heavy (non-hydrogen) atoms. The Labute approximate surface area is 88.2 Å². The molecule has 0 aliphatic carbocycles. The van der Waals surface area contributed by atoms with Crippen LogP contribution in [0.25, 0.3) is 0 Å². The van der Waals surface area contributed by atoms with Crippen molar-refractivity contribution in [3.05, 3.63) is 0 Å². The van der Waals surface area contributed by atoms with E-state index >= 15 is 0 Å². The standard InChI is InChI=1S/C10H18O3S/c1-4-9(8(2)11)5-6-14(3)7-10(12)13/h9H,4-7H2,1-3H3. The number of carbonyl (C=O) groups excluding carboxylic acids is 2. The molecule has 0 bridgehead atoms. The molecule has 0 saturated heterocycles. The molecule has 0 amide bonds. The lowest BCUT2D eigenvalue weighted by atomic mass is 10.00. The summed E-state index contributed by atoms with van der Waals surface area (Å²) in [5, 5.41) is 10.3. The summed E-state index contributed by atoms with van der Waals surface area (Å²) in [4.78, 5) is 21.4. The fourth-order valence-electron chi connectivity index (χ4n) is 1.31. The van der Waals surface area contributed by atoms with Crippen molar-refractivity contribution in [2.75, 3.05) is 17.8 Å². The molecule has 0 aromatic heterocycles. The van der Waals surface area contributed by atoms with Gasteiger partial charge in [-0.15, -0.1) is 0 Å². The van der Waals surface area contributed by atoms with Gasteiger partial charge in [0.15, 0.2) is 0 Å². The second-order valence-corrected chi connectivity index (χ2v) is 5.77. The third kappa shape index (κ3) is 6.02. The van der Waals surface area contributed by atoms with Crippen LogP contribution in [-0.2, 0) is 20.5 Å². The summed E-state index contributed by atoms with van der Waals surface area (Å²) < 4.78 is 0. The minimum Gasteiger partial charge on any atom is -0.545 e. The first-order valence-electron chi connectivity index (χ1n) is 4.76. The summed E-state index contributed by atoms with van der Waals surface area (Å²) in [5.74, 6) is 0.247. The largest absolute Gasteiger partial charge is 0.545 e. The number of Topliss-reactive ketones (excluding diaryl/α,β-unsaturated/α-hetero) is 1. The summed E-state index contributed by atoms with van der Waals surface area (Å²) in [6.07, 6.45) is 3.55. The lowest BCUT2D eigenvalue weighted by Crippen LogP contribution is -2.32. The van der Waals surface area contributed by atoms with Crippen LogP contribution in [-0.4, -0.2) is 29.5 Å². The maximum Gasteiger partial charge on any atom is 0.147 e. The van der Waals surface area contributed by atoms with Crippen LogP contribution in [0.4, 0.5) is 0 Å². The normalized spacial score (nSPS) is 14.8. The molecule has 0 aliphatic rings. The van der Waals surface area contributed by atoms with Crippen molar-refractivity contribution in [1.82, 2.24) is 0 Å². The highest BCUT2D eigenvalue weighted by Gasteiger charge is 2.17. The minimum absolute atomic E-state index is 0.103. The highest BCUT2D eigenvalue weighted by molar-refractivity contribution is 7.96. The lowest BCUT2D eigenvalue weighted by Gasteiger charge is -2.10. The van der Waals surface area contributed by atoms with Gasteiger partial charge in [-0.3, -0.25) is 4.79 Å². The van der Waals surface area contributed by atoms with Crippen molar-refractivity contribution in [3.63, 3.8) is 0 Å². The zero-order chi connectivity index (χ0) is 11.1. The predicted molar refractivity (Wildman–Crippen MR) is 57.1 cm³/mol. The van der Waals surface area contributed by atoms with E-state index in [1.165, 1.54) is 0 Å². The Morgan fingerprint density at radius 3 is 2.36 bits per heavy atom. The fraction of sp³-hybridized carbons (Fsp3) is 0.800. The Hall–Kier alpha value is -0.510. The van der Waals surface area contributed by atoms with E-state index in [0.29, 0.717) is 0 Å². The van der Waals surface area contributed by atoms with Crippen LogP contribution in [0.3, 0.4) is 0 Å². The van der Waals surface area contributed by atoms with Crippen molar-refractivity contribution in [2.45, 2.75) is 26.7 Å². The van der Waals surface area contributed by atoms with Crippen molar-refractivity contribution in [1.29, 1.82) is 0 Å². The molecule has 0 spiro atoms. The van der Waals surface area contributed by atoms with Crippen LogP contribution in [0.5, 0.6) is 0 Å². The minimum atomic E-state index is -0.994. The Bertz CT molecular complexity index is 204. The van der Waals surface area contributed by atoms with E-state index in [9.17, 15) is 14.7 Å². The molecule has 0 N–H and O–H groups in total. The molecule has 2 unspecified atom stereocenters. The van der Waals surface area contributed by atoms with Gasteiger partial charge in [0.05, 0.1) is 12.2 Å². The quantitative estimate of drug-likeness (QED) is 0.565. The molecule has 0 aliphatic heterocycles. The van der Waals surface area contributed by atoms with Crippen LogP contribution >= 0.6 is 0 Å². The molecule has 0 aromatic carbocycles. The van der Waals surface area contributed by atoms with E-state index in [-0.39, 0.29) is 28.3 Å². The van der Waals surface area contributed by atoms with Gasteiger partial charge in [0.1, 0.15) is 17.3 Å². The molecule has 0 fully saturated rings. The third-order valence-corrected chi connectivity index (χ3v) is 3.91. The van der Waals surface area contributed by atoms with Gasteiger partial charge in [-0.05, 0) is 24.2 Å². The van der Waals surface area contributed by atoms with Crippen molar-refractivity contribution >= 4 is 22.6 Å². The fourth-order valence-corrected chi connectivity index (χ4v) is 2.55. The second kappa shape index (κ2) is 6.87. The number of hydrogen-bond acceptors (Lipinski definition) is 3. The molecule has 0 radical (unpaired) electrons. The molecule has 0 aromatic rings. The summed E-state index contributed by atoms with van der Waals surface area (Å²) in [6, 6.07) is 0. The zero-order valence-corrected chi connectivity index (χ0v) is 9.86. The second-order valence-electron chi connectivity index (χ2n) is 3.51. The number of carboxylic acids is 1. The molecule has 4 heteroatoms. The Morgan fingerprint density at radius 1 is 1.43 bits per heavy atom. The first kappa shape index (κ1) is 13.5. The maximum atomic E-state index is 11.1. The van der Waals surface area contributed by atoms with Gasteiger partial charge in [-0.25, -0.2) is 0 Å². The van der Waals surface area contributed by atoms with Crippen LogP contribution in [0, 0.1) is 5.92 Å². The van der Waals surface area contributed by atoms with Crippen LogP contribution in [0.2, 0.25) is 0 Å². The van der Waals surface area contributed by atoms with E-state index < -0.39 is 5.97 Å². The number of carbonyl (C=O) groups is 2. The number of carboxylic acid groups (broad SMARTS) is 1. The molecule has 2 atom stereocenters. The van der Waals surface area contributed by atoms with E-state index in [1.807, 2.05) is 13.2 Å². The first-order chi connectivity index (χ1) is 6.47. The van der Waals surface area contributed by atoms with Crippen LogP contribution in [0.15, 0.2) is 0 Å². The summed E-state index contributed by atoms with van der Waals surface area (Å²) in [5.41, 5.74) is 0. The molecule has 0 heterocycles. The average molecular weight is 218 g/mol. The van der Waals surface area contributed by atoms with E-state index in [2.05, 4.69) is 0 Å². The molecular formula is C10H18O3S. The summed E-state index contributed by atoms with van der Waals surface area (Å²) >= 11 is 0. The lowest BCUT2D eigenvalue weighted by molar-refractivity contribution is -0.301. The van der Waals surface area contributed by atoms with Gasteiger partial charge in [0.25, 0.3) is 0 Å². The van der Waals surface area contributed by atoms with E-state index in [4.69, 9.17) is 0 Å². The molecule has 3 nitrogen and oxygen atoms in total. The van der Waals surface area contributed by atoms with E-state index in [1.54, 1.807) is 6.92 Å². The number of aliphatic carboxylic acids is 1. The maximum absolute atomic E-state index is 11.1. The molecule has 0 rings (SSSR count). The third-order valence-electron chi connectivity index (χ3n) is 2.25. The summed E-state index contributed by atoms with van der Waals surface area (Å²) in [7, 11) is -0.153. The monoisotopic (exact) mass is 218 g/mol. The zero-order valence-electron chi connectivity index (χ0n) is 9.04. The smallest absolute Gasteiger partial charge is 0.147 e. The van der Waals surface area contributed by atoms with Gasteiger partial charge in [0, 0.05) is 12.3 Å². The number of ketones is 1. The highest BCUT2D eigenvalue weighted by Crippen LogP contribution is 2.11. The Kier molecular flexibility index (Phi) is 6.62. The van der Waals surface area contributed by atoms with E-state index in [0.717, 1.165) is 18.6 Å². The SMILES string of the molecule is CCC(CC[S+](C)CC(=O)[O-])C(C)=O.